The molecule has 0 saturated carbocycles. The van der Waals surface area contributed by atoms with Gasteiger partial charge in [-0.05, 0) is 30.3 Å². The van der Waals surface area contributed by atoms with E-state index in [9.17, 15) is 4.79 Å². The molecule has 0 fully saturated rings. The third-order valence-corrected chi connectivity index (χ3v) is 4.25. The number of methoxy groups -OCH3 is 1. The minimum absolute atomic E-state index is 0.0988. The first kappa shape index (κ1) is 17.9. The maximum atomic E-state index is 12.2. The van der Waals surface area contributed by atoms with E-state index in [0.29, 0.717) is 26.9 Å². The lowest BCUT2D eigenvalue weighted by Gasteiger charge is -2.03. The summed E-state index contributed by atoms with van der Waals surface area (Å²) < 4.78 is 5.09. The molecule has 2 aromatic carbocycles. The van der Waals surface area contributed by atoms with Gasteiger partial charge in [0.15, 0.2) is 5.69 Å². The first-order valence-electron chi connectivity index (χ1n) is 7.43. The fourth-order valence-electron chi connectivity index (χ4n) is 2.11. The van der Waals surface area contributed by atoms with Crippen molar-refractivity contribution in [2.75, 3.05) is 12.5 Å². The highest BCUT2D eigenvalue weighted by molar-refractivity contribution is 6.43. The first-order valence-corrected chi connectivity index (χ1v) is 8.18. The Labute approximate surface area is 158 Å². The summed E-state index contributed by atoms with van der Waals surface area (Å²) >= 11 is 12.0. The molecule has 132 valence electrons. The number of hydrazone groups is 1. The first-order chi connectivity index (χ1) is 12.6. The highest BCUT2D eigenvalue weighted by Crippen LogP contribution is 2.24. The van der Waals surface area contributed by atoms with Crippen LogP contribution in [0.3, 0.4) is 0 Å². The molecule has 1 heterocycles. The van der Waals surface area contributed by atoms with Crippen molar-refractivity contribution in [3.8, 4) is 17.0 Å². The number of nitrogens with one attached hydrogen (secondary N) is 2. The van der Waals surface area contributed by atoms with Gasteiger partial charge in [-0.2, -0.15) is 5.10 Å². The molecule has 2 N–H and O–H groups in total. The topological polar surface area (TPSA) is 92.3 Å². The molecule has 0 radical (unpaired) electrons. The number of aromatic nitrogens is 3. The molecule has 9 heteroatoms. The molecule has 1 aromatic heterocycles. The second-order valence-electron chi connectivity index (χ2n) is 5.09. The van der Waals surface area contributed by atoms with Crippen LogP contribution >= 0.6 is 23.2 Å². The van der Waals surface area contributed by atoms with Gasteiger partial charge in [-0.3, -0.25) is 9.78 Å². The molecule has 0 aliphatic heterocycles. The van der Waals surface area contributed by atoms with Crippen molar-refractivity contribution in [1.82, 2.24) is 15.2 Å². The molecule has 0 bridgehead atoms. The van der Waals surface area contributed by atoms with Crippen LogP contribution in [0.2, 0.25) is 10.0 Å². The van der Waals surface area contributed by atoms with Gasteiger partial charge < -0.3 is 4.74 Å². The average molecular weight is 390 g/mol. The van der Waals surface area contributed by atoms with E-state index in [1.54, 1.807) is 49.6 Å². The van der Waals surface area contributed by atoms with E-state index < -0.39 is 5.56 Å². The second-order valence-corrected chi connectivity index (χ2v) is 5.88. The molecule has 7 nitrogen and oxygen atoms in total. The van der Waals surface area contributed by atoms with E-state index in [-0.39, 0.29) is 11.6 Å². The van der Waals surface area contributed by atoms with E-state index in [2.05, 4.69) is 25.7 Å². The second kappa shape index (κ2) is 7.99. The average Bonchev–Trinajstić information content (AvgIpc) is 2.65. The SMILES string of the molecule is COc1ccc(-c2nnc(N/N=C/c3cccc(Cl)c3Cl)[nH]c2=O)cc1. The highest BCUT2D eigenvalue weighted by Gasteiger charge is 2.07. The van der Waals surface area contributed by atoms with E-state index in [4.69, 9.17) is 27.9 Å². The maximum Gasteiger partial charge on any atom is 0.279 e. The number of rotatable bonds is 5. The van der Waals surface area contributed by atoms with Gasteiger partial charge in [0, 0.05) is 11.1 Å². The van der Waals surface area contributed by atoms with Crippen molar-refractivity contribution in [2.45, 2.75) is 0 Å². The molecule has 3 rings (SSSR count). The van der Waals surface area contributed by atoms with Crippen LogP contribution in [0.25, 0.3) is 11.3 Å². The van der Waals surface area contributed by atoms with Crippen LogP contribution < -0.4 is 15.7 Å². The highest BCUT2D eigenvalue weighted by atomic mass is 35.5. The minimum atomic E-state index is -0.399. The summed E-state index contributed by atoms with van der Waals surface area (Å²) in [6.45, 7) is 0. The van der Waals surface area contributed by atoms with Crippen LogP contribution in [-0.4, -0.2) is 28.5 Å². The fourth-order valence-corrected chi connectivity index (χ4v) is 2.46. The number of hydrogen-bond donors (Lipinski definition) is 2. The minimum Gasteiger partial charge on any atom is -0.497 e. The third-order valence-electron chi connectivity index (χ3n) is 3.42. The van der Waals surface area contributed by atoms with Gasteiger partial charge in [0.25, 0.3) is 5.56 Å². The smallest absolute Gasteiger partial charge is 0.279 e. The predicted octanol–water partition coefficient (Wildman–Crippen LogP) is 3.59. The molecule has 0 saturated heterocycles. The van der Waals surface area contributed by atoms with Crippen molar-refractivity contribution < 1.29 is 4.74 Å². The zero-order valence-electron chi connectivity index (χ0n) is 13.5. The Kier molecular flexibility index (Phi) is 5.50. The Bertz CT molecular complexity index is 1000. The monoisotopic (exact) mass is 389 g/mol. The van der Waals surface area contributed by atoms with Gasteiger partial charge in [0.2, 0.25) is 5.95 Å². The number of halogens is 2. The van der Waals surface area contributed by atoms with Crippen molar-refractivity contribution in [3.63, 3.8) is 0 Å². The van der Waals surface area contributed by atoms with Gasteiger partial charge in [0.05, 0.1) is 23.4 Å². The predicted molar refractivity (Wildman–Crippen MR) is 102 cm³/mol. The van der Waals surface area contributed by atoms with Crippen LogP contribution in [0, 0.1) is 0 Å². The summed E-state index contributed by atoms with van der Waals surface area (Å²) in [5.74, 6) is 0.784. The Morgan fingerprint density at radius 2 is 1.92 bits per heavy atom. The Balaban J connectivity index is 1.76. The Hall–Kier alpha value is -2.90. The summed E-state index contributed by atoms with van der Waals surface area (Å²) in [5, 5.41) is 12.6. The zero-order valence-corrected chi connectivity index (χ0v) is 15.0. The number of H-pyrrole nitrogens is 1. The standard InChI is InChI=1S/C17H13Cl2N5O2/c1-26-12-7-5-10(6-8-12)15-16(25)21-17(24-22-15)23-20-9-11-3-2-4-13(18)14(11)19/h2-9H,1H3,(H2,21,23,24,25)/b20-9+. The molecule has 0 spiro atoms. The van der Waals surface area contributed by atoms with Crippen molar-refractivity contribution >= 4 is 35.4 Å². The molecule has 3 aromatic rings. The summed E-state index contributed by atoms with van der Waals surface area (Å²) in [7, 11) is 1.57. The molecule has 0 amide bonds. The summed E-state index contributed by atoms with van der Waals surface area (Å²) in [6, 6.07) is 12.1. The lowest BCUT2D eigenvalue weighted by atomic mass is 10.1. The molecule has 0 unspecified atom stereocenters. The van der Waals surface area contributed by atoms with Crippen LogP contribution in [0.15, 0.2) is 52.4 Å². The van der Waals surface area contributed by atoms with Crippen molar-refractivity contribution in [2.24, 2.45) is 5.10 Å². The Morgan fingerprint density at radius 3 is 2.62 bits per heavy atom. The molecular weight excluding hydrogens is 377 g/mol. The lowest BCUT2D eigenvalue weighted by Crippen LogP contribution is -2.15. The van der Waals surface area contributed by atoms with Crippen LogP contribution in [-0.2, 0) is 0 Å². The number of ether oxygens (including phenoxy) is 1. The molecule has 0 atom stereocenters. The fraction of sp³-hybridized carbons (Fsp3) is 0.0588. The largest absolute Gasteiger partial charge is 0.497 e. The number of anilines is 1. The summed E-state index contributed by atoms with van der Waals surface area (Å²) in [5.41, 5.74) is 3.64. The van der Waals surface area contributed by atoms with E-state index >= 15 is 0 Å². The van der Waals surface area contributed by atoms with Gasteiger partial charge >= 0.3 is 0 Å². The number of benzene rings is 2. The normalized spacial score (nSPS) is 10.9. The van der Waals surface area contributed by atoms with Crippen LogP contribution in [0.4, 0.5) is 5.95 Å². The quantitative estimate of drug-likeness (QED) is 0.513. The molecule has 26 heavy (non-hydrogen) atoms. The summed E-state index contributed by atoms with van der Waals surface area (Å²) in [6.07, 6.45) is 1.46. The molecule has 0 aliphatic carbocycles. The van der Waals surface area contributed by atoms with Gasteiger partial charge in [0.1, 0.15) is 5.75 Å². The number of hydrogen-bond acceptors (Lipinski definition) is 6. The van der Waals surface area contributed by atoms with Gasteiger partial charge in [-0.1, -0.05) is 35.3 Å². The molecular formula is C17H13Cl2N5O2. The van der Waals surface area contributed by atoms with Crippen LogP contribution in [0.1, 0.15) is 5.56 Å². The van der Waals surface area contributed by atoms with Gasteiger partial charge in [-0.25, -0.2) is 5.43 Å². The number of nitrogens with zero attached hydrogens (tertiary/aromatic N) is 3. The van der Waals surface area contributed by atoms with Crippen molar-refractivity contribution in [1.29, 1.82) is 0 Å². The molecule has 0 aliphatic rings. The third kappa shape index (κ3) is 4.01. The lowest BCUT2D eigenvalue weighted by molar-refractivity contribution is 0.415. The van der Waals surface area contributed by atoms with Crippen molar-refractivity contribution in [3.05, 3.63) is 68.4 Å². The number of aromatic amines is 1. The summed E-state index contributed by atoms with van der Waals surface area (Å²) in [4.78, 5) is 14.8. The van der Waals surface area contributed by atoms with E-state index in [0.717, 1.165) is 0 Å². The maximum absolute atomic E-state index is 12.2. The van der Waals surface area contributed by atoms with Gasteiger partial charge in [-0.15, -0.1) is 10.2 Å². The van der Waals surface area contributed by atoms with Crippen LogP contribution in [0.5, 0.6) is 5.75 Å². The zero-order chi connectivity index (χ0) is 18.5. The van der Waals surface area contributed by atoms with E-state index in [1.807, 2.05) is 0 Å². The van der Waals surface area contributed by atoms with E-state index in [1.165, 1.54) is 6.21 Å². The Morgan fingerprint density at radius 1 is 1.15 bits per heavy atom.